The highest BCUT2D eigenvalue weighted by molar-refractivity contribution is 7.99. The van der Waals surface area contributed by atoms with Gasteiger partial charge in [0, 0.05) is 5.75 Å². The standard InChI is InChI=1S/C12H14N4OS/c17-11(9-4-2-1-3-5-9)8-18-12-13-14-15-16(12)10-6-7-10/h1-5,10-11,17H,6-8H2/t11-/m0/s1. The molecule has 0 bridgehead atoms. The number of aliphatic hydroxyl groups is 1. The highest BCUT2D eigenvalue weighted by Gasteiger charge is 2.28. The molecule has 0 spiro atoms. The lowest BCUT2D eigenvalue weighted by molar-refractivity contribution is 0.204. The number of aliphatic hydroxyl groups excluding tert-OH is 1. The molecule has 0 radical (unpaired) electrons. The quantitative estimate of drug-likeness (QED) is 0.833. The first-order valence-corrected chi connectivity index (χ1v) is 6.97. The third-order valence-corrected chi connectivity index (χ3v) is 3.92. The summed E-state index contributed by atoms with van der Waals surface area (Å²) in [6.07, 6.45) is 1.82. The highest BCUT2D eigenvalue weighted by Crippen LogP contribution is 2.36. The second-order valence-corrected chi connectivity index (χ2v) is 5.36. The van der Waals surface area contributed by atoms with Gasteiger partial charge in [0.2, 0.25) is 5.16 Å². The molecule has 0 aliphatic heterocycles. The van der Waals surface area contributed by atoms with E-state index in [1.807, 2.05) is 35.0 Å². The largest absolute Gasteiger partial charge is 0.388 e. The first-order valence-electron chi connectivity index (χ1n) is 5.98. The van der Waals surface area contributed by atoms with Crippen LogP contribution in [0.25, 0.3) is 0 Å². The van der Waals surface area contributed by atoms with Crippen LogP contribution in [-0.4, -0.2) is 31.1 Å². The molecule has 1 aliphatic carbocycles. The summed E-state index contributed by atoms with van der Waals surface area (Å²) in [7, 11) is 0. The van der Waals surface area contributed by atoms with Gasteiger partial charge in [-0.25, -0.2) is 4.68 Å². The van der Waals surface area contributed by atoms with Crippen molar-refractivity contribution in [2.45, 2.75) is 30.1 Å². The van der Waals surface area contributed by atoms with Gasteiger partial charge in [0.15, 0.2) is 0 Å². The van der Waals surface area contributed by atoms with E-state index < -0.39 is 6.10 Å². The smallest absolute Gasteiger partial charge is 0.209 e. The van der Waals surface area contributed by atoms with Crippen molar-refractivity contribution in [2.75, 3.05) is 5.75 Å². The number of hydrogen-bond acceptors (Lipinski definition) is 5. The summed E-state index contributed by atoms with van der Waals surface area (Å²) in [5, 5.41) is 22.5. The van der Waals surface area contributed by atoms with Gasteiger partial charge in [0.1, 0.15) is 0 Å². The molecule has 1 saturated carbocycles. The number of hydrogen-bond donors (Lipinski definition) is 1. The minimum atomic E-state index is -0.486. The van der Waals surface area contributed by atoms with Crippen LogP contribution in [0.2, 0.25) is 0 Å². The number of tetrazole rings is 1. The lowest BCUT2D eigenvalue weighted by Gasteiger charge is -2.09. The maximum Gasteiger partial charge on any atom is 0.209 e. The van der Waals surface area contributed by atoms with Gasteiger partial charge in [-0.2, -0.15) is 0 Å². The van der Waals surface area contributed by atoms with Gasteiger partial charge in [0.25, 0.3) is 0 Å². The normalized spacial score (nSPS) is 16.7. The Morgan fingerprint density at radius 2 is 2.11 bits per heavy atom. The Morgan fingerprint density at radius 3 is 2.83 bits per heavy atom. The number of benzene rings is 1. The minimum Gasteiger partial charge on any atom is -0.388 e. The molecule has 0 saturated heterocycles. The van der Waals surface area contributed by atoms with Gasteiger partial charge in [-0.3, -0.25) is 0 Å². The molecule has 1 atom stereocenters. The lowest BCUT2D eigenvalue weighted by atomic mass is 10.1. The molecule has 5 nitrogen and oxygen atoms in total. The molecule has 1 aromatic carbocycles. The van der Waals surface area contributed by atoms with Crippen molar-refractivity contribution in [2.24, 2.45) is 0 Å². The van der Waals surface area contributed by atoms with Crippen molar-refractivity contribution in [1.82, 2.24) is 20.2 Å². The molecule has 18 heavy (non-hydrogen) atoms. The van der Waals surface area contributed by atoms with E-state index in [4.69, 9.17) is 0 Å². The Kier molecular flexibility index (Phi) is 3.29. The van der Waals surface area contributed by atoms with Crippen molar-refractivity contribution in [1.29, 1.82) is 0 Å². The summed E-state index contributed by atoms with van der Waals surface area (Å²) in [5.41, 5.74) is 0.926. The third kappa shape index (κ3) is 2.54. The Hall–Kier alpha value is -1.40. The number of rotatable bonds is 5. The van der Waals surface area contributed by atoms with Gasteiger partial charge in [0.05, 0.1) is 12.1 Å². The Labute approximate surface area is 109 Å². The average Bonchev–Trinajstić information content (AvgIpc) is 3.16. The topological polar surface area (TPSA) is 63.8 Å². The molecule has 0 unspecified atom stereocenters. The molecule has 94 valence electrons. The van der Waals surface area contributed by atoms with Crippen molar-refractivity contribution >= 4 is 11.8 Å². The van der Waals surface area contributed by atoms with E-state index in [2.05, 4.69) is 15.5 Å². The summed E-state index contributed by atoms with van der Waals surface area (Å²) < 4.78 is 1.86. The molecule has 6 heteroatoms. The fourth-order valence-electron chi connectivity index (χ4n) is 1.75. The number of aromatic nitrogens is 4. The van der Waals surface area contributed by atoms with Crippen LogP contribution in [0, 0.1) is 0 Å². The van der Waals surface area contributed by atoms with Crippen molar-refractivity contribution in [3.63, 3.8) is 0 Å². The summed E-state index contributed by atoms with van der Waals surface area (Å²) >= 11 is 1.50. The zero-order valence-electron chi connectivity index (χ0n) is 9.81. The second-order valence-electron chi connectivity index (χ2n) is 4.37. The van der Waals surface area contributed by atoms with Crippen LogP contribution in [0.4, 0.5) is 0 Å². The maximum absolute atomic E-state index is 10.1. The predicted molar refractivity (Wildman–Crippen MR) is 68.2 cm³/mol. The van der Waals surface area contributed by atoms with Crippen LogP contribution in [-0.2, 0) is 0 Å². The first-order chi connectivity index (χ1) is 8.84. The molecule has 3 rings (SSSR count). The fourth-order valence-corrected chi connectivity index (χ4v) is 2.67. The van der Waals surface area contributed by atoms with Crippen LogP contribution in [0.1, 0.15) is 30.6 Å². The first kappa shape index (κ1) is 11.7. The molecule has 1 N–H and O–H groups in total. The van der Waals surface area contributed by atoms with Gasteiger partial charge >= 0.3 is 0 Å². The third-order valence-electron chi connectivity index (χ3n) is 2.91. The number of thioether (sulfide) groups is 1. The average molecular weight is 262 g/mol. The zero-order valence-corrected chi connectivity index (χ0v) is 10.6. The molecule has 1 heterocycles. The zero-order chi connectivity index (χ0) is 12.4. The predicted octanol–water partition coefficient (Wildman–Crippen LogP) is 1.83. The van der Waals surface area contributed by atoms with Crippen LogP contribution in [0.15, 0.2) is 35.5 Å². The van der Waals surface area contributed by atoms with Crippen molar-refractivity contribution < 1.29 is 5.11 Å². The SMILES string of the molecule is O[C@@H](CSc1nnnn1C1CC1)c1ccccc1. The van der Waals surface area contributed by atoms with E-state index in [-0.39, 0.29) is 0 Å². The Bertz CT molecular complexity index is 512. The van der Waals surface area contributed by atoms with E-state index >= 15 is 0 Å². The molecular weight excluding hydrogens is 248 g/mol. The highest BCUT2D eigenvalue weighted by atomic mass is 32.2. The molecule has 0 amide bonds. The molecule has 1 fully saturated rings. The van der Waals surface area contributed by atoms with E-state index in [1.165, 1.54) is 11.8 Å². The van der Waals surface area contributed by atoms with Gasteiger partial charge < -0.3 is 5.11 Å². The monoisotopic (exact) mass is 262 g/mol. The Balaban J connectivity index is 1.62. The van der Waals surface area contributed by atoms with Crippen molar-refractivity contribution in [3.05, 3.63) is 35.9 Å². The van der Waals surface area contributed by atoms with Crippen LogP contribution in [0.5, 0.6) is 0 Å². The lowest BCUT2D eigenvalue weighted by Crippen LogP contribution is -2.03. The van der Waals surface area contributed by atoms with E-state index in [1.54, 1.807) is 0 Å². The van der Waals surface area contributed by atoms with Crippen LogP contribution < -0.4 is 0 Å². The second kappa shape index (κ2) is 5.07. The van der Waals surface area contributed by atoms with E-state index in [0.717, 1.165) is 23.6 Å². The summed E-state index contributed by atoms with van der Waals surface area (Å²) in [6, 6.07) is 10.1. The molecule has 1 aliphatic rings. The van der Waals surface area contributed by atoms with Gasteiger partial charge in [-0.1, -0.05) is 42.1 Å². The van der Waals surface area contributed by atoms with Crippen LogP contribution >= 0.6 is 11.8 Å². The summed E-state index contributed by atoms with van der Waals surface area (Å²) in [6.45, 7) is 0. The molecule has 2 aromatic rings. The van der Waals surface area contributed by atoms with Crippen LogP contribution in [0.3, 0.4) is 0 Å². The van der Waals surface area contributed by atoms with E-state index in [0.29, 0.717) is 11.8 Å². The van der Waals surface area contributed by atoms with Gasteiger partial charge in [-0.15, -0.1) is 5.10 Å². The van der Waals surface area contributed by atoms with Gasteiger partial charge in [-0.05, 0) is 28.8 Å². The van der Waals surface area contributed by atoms with E-state index in [9.17, 15) is 5.11 Å². The summed E-state index contributed by atoms with van der Waals surface area (Å²) in [4.78, 5) is 0. The number of nitrogens with zero attached hydrogens (tertiary/aromatic N) is 4. The summed E-state index contributed by atoms with van der Waals surface area (Å²) in [5.74, 6) is 0.567. The Morgan fingerprint density at radius 1 is 1.33 bits per heavy atom. The fraction of sp³-hybridized carbons (Fsp3) is 0.417. The molecular formula is C12H14N4OS. The van der Waals surface area contributed by atoms with Crippen molar-refractivity contribution in [3.8, 4) is 0 Å². The minimum absolute atomic E-state index is 0.469. The maximum atomic E-state index is 10.1. The molecule has 1 aromatic heterocycles.